The van der Waals surface area contributed by atoms with E-state index in [1.54, 1.807) is 0 Å². The standard InChI is InChI=1S/C60H45N3/c1-59(2)52-21-13-11-19-47(52)49-29-27-41(35-54(49)59)39-23-24-40-34-42(26-25-38(40)33-39)56-61-57(43-28-30-50-48-20-12-14-22-53(48)60(3,4)55(50)36-43)63-58(62-56)51-32-31-44(37-15-7-5-8-16-37)45-17-9-6-10-18-46(45)51/h5,7-36H,6H2,1-4H3. The number of benzene rings is 8. The summed E-state index contributed by atoms with van der Waals surface area (Å²) < 4.78 is 0. The molecule has 1 aromatic heterocycles. The van der Waals surface area contributed by atoms with E-state index in [1.807, 2.05) is 0 Å². The van der Waals surface area contributed by atoms with Crippen LogP contribution < -0.4 is 0 Å². The van der Waals surface area contributed by atoms with E-state index in [2.05, 4.69) is 216 Å². The van der Waals surface area contributed by atoms with E-state index in [0.717, 1.165) is 34.1 Å². The summed E-state index contributed by atoms with van der Waals surface area (Å²) >= 11 is 0. The fraction of sp³-hybridized carbons (Fsp3) is 0.117. The van der Waals surface area contributed by atoms with Gasteiger partial charge in [0.2, 0.25) is 0 Å². The lowest BCUT2D eigenvalue weighted by molar-refractivity contribution is 0.660. The molecular weight excluding hydrogens is 763 g/mol. The Morgan fingerprint density at radius 3 is 1.41 bits per heavy atom. The van der Waals surface area contributed by atoms with Crippen LogP contribution in [0, 0.1) is 0 Å². The quantitative estimate of drug-likeness (QED) is 0.174. The maximum atomic E-state index is 5.34. The number of aromatic nitrogens is 3. The number of rotatable bonds is 5. The van der Waals surface area contributed by atoms with Crippen molar-refractivity contribution in [1.29, 1.82) is 0 Å². The molecule has 0 fully saturated rings. The normalized spacial score (nSPS) is 14.7. The van der Waals surface area contributed by atoms with Gasteiger partial charge >= 0.3 is 0 Å². The molecule has 3 heteroatoms. The third kappa shape index (κ3) is 5.91. The summed E-state index contributed by atoms with van der Waals surface area (Å²) in [7, 11) is 0. The molecule has 9 aromatic rings. The average Bonchev–Trinajstić information content (AvgIpc) is 3.52. The highest BCUT2D eigenvalue weighted by Gasteiger charge is 2.36. The number of hydrogen-bond acceptors (Lipinski definition) is 3. The maximum absolute atomic E-state index is 5.34. The zero-order valence-corrected chi connectivity index (χ0v) is 35.9. The van der Waals surface area contributed by atoms with E-state index in [0.29, 0.717) is 17.5 Å². The Hall–Kier alpha value is -7.49. The van der Waals surface area contributed by atoms with Crippen LogP contribution >= 0.6 is 0 Å². The van der Waals surface area contributed by atoms with Crippen LogP contribution in [0.5, 0.6) is 0 Å². The summed E-state index contributed by atoms with van der Waals surface area (Å²) in [4.78, 5) is 16.0. The molecule has 0 unspecified atom stereocenters. The fourth-order valence-corrected chi connectivity index (χ4v) is 10.6. The summed E-state index contributed by atoms with van der Waals surface area (Å²) in [5.74, 6) is 1.97. The molecule has 1 heterocycles. The van der Waals surface area contributed by atoms with Crippen LogP contribution in [-0.2, 0) is 10.8 Å². The lowest BCUT2D eigenvalue weighted by atomic mass is 9.81. The van der Waals surface area contributed by atoms with Gasteiger partial charge in [-0.05, 0) is 125 Å². The highest BCUT2D eigenvalue weighted by atomic mass is 15.0. The topological polar surface area (TPSA) is 38.7 Å². The second-order valence-electron chi connectivity index (χ2n) is 18.3. The first-order valence-corrected chi connectivity index (χ1v) is 22.1. The summed E-state index contributed by atoms with van der Waals surface area (Å²) in [5.41, 5.74) is 20.5. The Labute approximate surface area is 369 Å². The van der Waals surface area contributed by atoms with Crippen molar-refractivity contribution in [1.82, 2.24) is 15.0 Å². The van der Waals surface area contributed by atoms with Crippen molar-refractivity contribution in [2.24, 2.45) is 0 Å². The van der Waals surface area contributed by atoms with Crippen molar-refractivity contribution in [3.63, 3.8) is 0 Å². The molecule has 3 aliphatic carbocycles. The molecule has 63 heavy (non-hydrogen) atoms. The molecular formula is C60H45N3. The highest BCUT2D eigenvalue weighted by molar-refractivity contribution is 5.93. The van der Waals surface area contributed by atoms with Gasteiger partial charge in [-0.1, -0.05) is 185 Å². The molecule has 3 nitrogen and oxygen atoms in total. The minimum absolute atomic E-state index is 0.0492. The summed E-state index contributed by atoms with van der Waals surface area (Å²) in [6.07, 6.45) is 9.82. The second kappa shape index (κ2) is 14.0. The molecule has 0 saturated heterocycles. The lowest BCUT2D eigenvalue weighted by Crippen LogP contribution is -2.15. The zero-order valence-electron chi connectivity index (χ0n) is 35.9. The largest absolute Gasteiger partial charge is 0.208 e. The van der Waals surface area contributed by atoms with Gasteiger partial charge in [0.05, 0.1) is 0 Å². The predicted octanol–water partition coefficient (Wildman–Crippen LogP) is 15.4. The number of allylic oxidation sites excluding steroid dienone is 2. The molecule has 0 atom stereocenters. The fourth-order valence-electron chi connectivity index (χ4n) is 10.6. The van der Waals surface area contributed by atoms with Gasteiger partial charge in [-0.25, -0.2) is 15.0 Å². The lowest BCUT2D eigenvalue weighted by Gasteiger charge is -2.22. The zero-order chi connectivity index (χ0) is 42.5. The minimum atomic E-state index is -0.152. The Morgan fingerprint density at radius 2 is 0.762 bits per heavy atom. The Morgan fingerprint density at radius 1 is 0.333 bits per heavy atom. The Bertz CT molecular complexity index is 3420. The van der Waals surface area contributed by atoms with E-state index >= 15 is 0 Å². The van der Waals surface area contributed by atoms with Gasteiger partial charge in [-0.15, -0.1) is 0 Å². The van der Waals surface area contributed by atoms with E-state index in [4.69, 9.17) is 15.0 Å². The van der Waals surface area contributed by atoms with Crippen LogP contribution in [0.4, 0.5) is 0 Å². The molecule has 0 amide bonds. The molecule has 0 spiro atoms. The van der Waals surface area contributed by atoms with Gasteiger partial charge in [0.15, 0.2) is 17.5 Å². The van der Waals surface area contributed by atoms with Crippen LogP contribution in [0.15, 0.2) is 176 Å². The van der Waals surface area contributed by atoms with Gasteiger partial charge in [0.1, 0.15) is 0 Å². The highest BCUT2D eigenvalue weighted by Crippen LogP contribution is 2.51. The first kappa shape index (κ1) is 37.3. The average molecular weight is 808 g/mol. The van der Waals surface area contributed by atoms with Gasteiger partial charge < -0.3 is 0 Å². The maximum Gasteiger partial charge on any atom is 0.164 e. The number of hydrogen-bond donors (Lipinski definition) is 0. The van der Waals surface area contributed by atoms with Crippen molar-refractivity contribution in [3.05, 3.63) is 209 Å². The third-order valence-electron chi connectivity index (χ3n) is 13.9. The predicted molar refractivity (Wildman–Crippen MR) is 262 cm³/mol. The van der Waals surface area contributed by atoms with Crippen molar-refractivity contribution in [2.75, 3.05) is 0 Å². The van der Waals surface area contributed by atoms with Crippen LogP contribution in [0.2, 0.25) is 0 Å². The molecule has 3 aliphatic rings. The summed E-state index contributed by atoms with van der Waals surface area (Å²) in [5, 5.41) is 2.31. The molecule has 8 aromatic carbocycles. The monoisotopic (exact) mass is 807 g/mol. The molecule has 0 saturated carbocycles. The van der Waals surface area contributed by atoms with Crippen LogP contribution in [-0.4, -0.2) is 15.0 Å². The Balaban J connectivity index is 0.988. The Kier molecular flexibility index (Phi) is 8.30. The molecule has 0 bridgehead atoms. The van der Waals surface area contributed by atoms with E-state index in [-0.39, 0.29) is 10.8 Å². The van der Waals surface area contributed by atoms with Gasteiger partial charge in [0.25, 0.3) is 0 Å². The second-order valence-corrected chi connectivity index (χ2v) is 18.3. The minimum Gasteiger partial charge on any atom is -0.208 e. The SMILES string of the molecule is CC1(C)c2ccccc2-c2ccc(-c3ccc4cc(-c5nc(-c6ccc7c(c6)C(C)(C)c6ccccc6-7)nc(-c6ccc(-c7ccccc7)c7c6C=CCC=C7)n5)ccc4c3)cc21. The van der Waals surface area contributed by atoms with E-state index in [1.165, 1.54) is 77.7 Å². The smallest absolute Gasteiger partial charge is 0.164 e. The van der Waals surface area contributed by atoms with Crippen molar-refractivity contribution in [2.45, 2.75) is 44.9 Å². The summed E-state index contributed by atoms with van der Waals surface area (Å²) in [6.45, 7) is 9.32. The van der Waals surface area contributed by atoms with E-state index < -0.39 is 0 Å². The first-order valence-electron chi connectivity index (χ1n) is 22.1. The van der Waals surface area contributed by atoms with Crippen LogP contribution in [0.25, 0.3) is 102 Å². The molecule has 12 rings (SSSR count). The van der Waals surface area contributed by atoms with Crippen molar-refractivity contribution < 1.29 is 0 Å². The van der Waals surface area contributed by atoms with E-state index in [9.17, 15) is 0 Å². The number of fused-ring (bicyclic) bond motifs is 8. The van der Waals surface area contributed by atoms with Crippen LogP contribution in [0.1, 0.15) is 67.5 Å². The van der Waals surface area contributed by atoms with Crippen molar-refractivity contribution >= 4 is 22.9 Å². The molecule has 0 radical (unpaired) electrons. The van der Waals surface area contributed by atoms with Crippen LogP contribution in [0.3, 0.4) is 0 Å². The molecule has 300 valence electrons. The van der Waals surface area contributed by atoms with Gasteiger partial charge in [-0.3, -0.25) is 0 Å². The molecule has 0 aliphatic heterocycles. The van der Waals surface area contributed by atoms with Crippen molar-refractivity contribution in [3.8, 4) is 78.7 Å². The first-order chi connectivity index (χ1) is 30.7. The van der Waals surface area contributed by atoms with Gasteiger partial charge in [-0.2, -0.15) is 0 Å². The van der Waals surface area contributed by atoms with Gasteiger partial charge in [0, 0.05) is 27.5 Å². The molecule has 0 N–H and O–H groups in total. The summed E-state index contributed by atoms with van der Waals surface area (Å²) in [6, 6.07) is 59.8. The number of nitrogens with zero attached hydrogens (tertiary/aromatic N) is 3. The third-order valence-corrected chi connectivity index (χ3v) is 13.9.